The monoisotopic (exact) mass is 180 g/mol. The highest BCUT2D eigenvalue weighted by Gasteiger charge is 2.35. The Morgan fingerprint density at radius 1 is 1.45 bits per heavy atom. The van der Waals surface area contributed by atoms with Crippen LogP contribution in [0.15, 0.2) is 0 Å². The minimum absolute atomic E-state index is 0.114. The van der Waals surface area contributed by atoms with Crippen LogP contribution >= 0.6 is 7.37 Å². The van der Waals surface area contributed by atoms with Gasteiger partial charge < -0.3 is 9.63 Å². The first-order chi connectivity index (χ1) is 4.67. The third-order valence-electron chi connectivity index (χ3n) is 1.41. The second-order valence-electron chi connectivity index (χ2n) is 3.49. The molecule has 0 amide bonds. The van der Waals surface area contributed by atoms with Crippen molar-refractivity contribution in [3.63, 3.8) is 0 Å². The van der Waals surface area contributed by atoms with Crippen LogP contribution in [0, 0.1) is 0 Å². The molecule has 0 heterocycles. The van der Waals surface area contributed by atoms with Crippen LogP contribution < -0.4 is 0 Å². The van der Waals surface area contributed by atoms with Gasteiger partial charge in [-0.15, -0.1) is 0 Å². The summed E-state index contributed by atoms with van der Waals surface area (Å²) in [6.45, 7) is 8.03. The van der Waals surface area contributed by atoms with Gasteiger partial charge in [0.2, 0.25) is 7.37 Å². The molecule has 0 aliphatic heterocycles. The maximum absolute atomic E-state index is 11.6. The molecule has 11 heavy (non-hydrogen) atoms. The number of hydrogen-bond donors (Lipinski definition) is 1. The zero-order valence-corrected chi connectivity index (χ0v) is 8.68. The summed E-state index contributed by atoms with van der Waals surface area (Å²) in [5.74, 6) is 0. The average Bonchev–Trinajstić information content (AvgIpc) is 1.56. The number of rotatable bonds is 3. The van der Waals surface area contributed by atoms with Gasteiger partial charge in [-0.2, -0.15) is 0 Å². The van der Waals surface area contributed by atoms with E-state index in [9.17, 15) is 9.67 Å². The molecule has 0 spiro atoms. The molecule has 0 aliphatic carbocycles. The van der Waals surface area contributed by atoms with Gasteiger partial charge in [-0.05, 0) is 27.7 Å². The second kappa shape index (κ2) is 3.26. The largest absolute Gasteiger partial charge is 0.380 e. The van der Waals surface area contributed by atoms with E-state index in [4.69, 9.17) is 4.52 Å². The molecule has 68 valence electrons. The van der Waals surface area contributed by atoms with Gasteiger partial charge in [0.25, 0.3) is 0 Å². The van der Waals surface area contributed by atoms with E-state index in [2.05, 4.69) is 0 Å². The Bertz CT molecular complexity index is 169. The van der Waals surface area contributed by atoms with Crippen LogP contribution in [0.2, 0.25) is 0 Å². The number of aliphatic hydroxyl groups is 1. The molecule has 1 N–H and O–H groups in total. The average molecular weight is 180 g/mol. The van der Waals surface area contributed by atoms with E-state index < -0.39 is 12.7 Å². The summed E-state index contributed by atoms with van der Waals surface area (Å²) in [4.78, 5) is 0. The fourth-order valence-corrected chi connectivity index (χ4v) is 1.59. The molecule has 0 aliphatic rings. The van der Waals surface area contributed by atoms with Gasteiger partial charge >= 0.3 is 0 Å². The van der Waals surface area contributed by atoms with Crippen LogP contribution in [-0.2, 0) is 9.09 Å². The zero-order chi connectivity index (χ0) is 9.28. The van der Waals surface area contributed by atoms with E-state index in [1.807, 2.05) is 0 Å². The predicted octanol–water partition coefficient (Wildman–Crippen LogP) is 2.05. The van der Waals surface area contributed by atoms with Gasteiger partial charge in [0, 0.05) is 6.66 Å². The highest BCUT2D eigenvalue weighted by molar-refractivity contribution is 7.59. The maximum atomic E-state index is 11.6. The van der Waals surface area contributed by atoms with Gasteiger partial charge in [0.15, 0.2) is 0 Å². The summed E-state index contributed by atoms with van der Waals surface area (Å²) >= 11 is 0. The van der Waals surface area contributed by atoms with Crippen LogP contribution in [0.25, 0.3) is 0 Å². The lowest BCUT2D eigenvalue weighted by molar-refractivity contribution is 0.125. The topological polar surface area (TPSA) is 46.5 Å². The summed E-state index contributed by atoms with van der Waals surface area (Å²) in [7, 11) is -2.88. The normalized spacial score (nSPS) is 18.5. The highest BCUT2D eigenvalue weighted by Crippen LogP contribution is 2.54. The molecule has 4 heteroatoms. The molecule has 0 aromatic carbocycles. The molecule has 3 nitrogen and oxygen atoms in total. The third-order valence-corrected chi connectivity index (χ3v) is 4.22. The number of hydrogen-bond acceptors (Lipinski definition) is 3. The van der Waals surface area contributed by atoms with Crippen LogP contribution in [0.3, 0.4) is 0 Å². The first-order valence-electron chi connectivity index (χ1n) is 3.65. The minimum atomic E-state index is -2.88. The van der Waals surface area contributed by atoms with Gasteiger partial charge in [-0.25, -0.2) is 0 Å². The van der Waals surface area contributed by atoms with Crippen molar-refractivity contribution in [1.29, 1.82) is 0 Å². The van der Waals surface area contributed by atoms with E-state index in [1.54, 1.807) is 13.8 Å². The Balaban J connectivity index is 4.36. The Labute approximate surface area is 68.2 Å². The van der Waals surface area contributed by atoms with E-state index in [0.29, 0.717) is 0 Å². The van der Waals surface area contributed by atoms with Gasteiger partial charge in [0.05, 0.1) is 6.10 Å². The van der Waals surface area contributed by atoms with Crippen molar-refractivity contribution in [3.05, 3.63) is 0 Å². The van der Waals surface area contributed by atoms with Crippen LogP contribution in [0.5, 0.6) is 0 Å². The van der Waals surface area contributed by atoms with Gasteiger partial charge in [-0.1, -0.05) is 0 Å². The highest BCUT2D eigenvalue weighted by atomic mass is 31.2. The standard InChI is InChI=1S/C7H17O3P/c1-6(2)10-11(5,9)7(3,4)8/h6,8H,1-5H3. The fourth-order valence-electron chi connectivity index (χ4n) is 0.531. The lowest BCUT2D eigenvalue weighted by Crippen LogP contribution is -2.21. The molecular formula is C7H17O3P. The van der Waals surface area contributed by atoms with Crippen molar-refractivity contribution in [2.75, 3.05) is 6.66 Å². The Hall–Kier alpha value is 0.150. The second-order valence-corrected chi connectivity index (χ2v) is 6.49. The minimum Gasteiger partial charge on any atom is -0.380 e. The molecular weight excluding hydrogens is 163 g/mol. The fraction of sp³-hybridized carbons (Fsp3) is 1.00. The Morgan fingerprint density at radius 2 is 1.82 bits per heavy atom. The predicted molar refractivity (Wildman–Crippen MR) is 46.0 cm³/mol. The molecule has 0 saturated carbocycles. The lowest BCUT2D eigenvalue weighted by atomic mass is 10.5. The molecule has 0 aromatic rings. The molecule has 0 rings (SSSR count). The van der Waals surface area contributed by atoms with Crippen LogP contribution in [0.1, 0.15) is 27.7 Å². The van der Waals surface area contributed by atoms with Crippen LogP contribution in [-0.4, -0.2) is 23.2 Å². The first kappa shape index (κ1) is 11.2. The molecule has 0 saturated heterocycles. The summed E-state index contributed by atoms with van der Waals surface area (Å²) < 4.78 is 16.7. The van der Waals surface area contributed by atoms with Gasteiger partial charge in [0.1, 0.15) is 5.34 Å². The van der Waals surface area contributed by atoms with Crippen LogP contribution in [0.4, 0.5) is 0 Å². The van der Waals surface area contributed by atoms with Crippen molar-refractivity contribution in [2.24, 2.45) is 0 Å². The SMILES string of the molecule is CC(C)OP(C)(=O)C(C)(C)O. The van der Waals surface area contributed by atoms with E-state index in [0.717, 1.165) is 0 Å². The molecule has 0 fully saturated rings. The van der Waals surface area contributed by atoms with E-state index in [1.165, 1.54) is 20.5 Å². The summed E-state index contributed by atoms with van der Waals surface area (Å²) in [6.07, 6.45) is -0.114. The molecule has 0 radical (unpaired) electrons. The quantitative estimate of drug-likeness (QED) is 0.676. The van der Waals surface area contributed by atoms with E-state index in [-0.39, 0.29) is 6.10 Å². The lowest BCUT2D eigenvalue weighted by Gasteiger charge is -2.27. The van der Waals surface area contributed by atoms with E-state index >= 15 is 0 Å². The van der Waals surface area contributed by atoms with Crippen molar-refractivity contribution in [1.82, 2.24) is 0 Å². The smallest absolute Gasteiger partial charge is 0.230 e. The Morgan fingerprint density at radius 3 is 1.91 bits per heavy atom. The zero-order valence-electron chi connectivity index (χ0n) is 7.79. The molecule has 0 bridgehead atoms. The summed E-state index contributed by atoms with van der Waals surface area (Å²) in [5.41, 5.74) is 0. The molecule has 0 aromatic heterocycles. The van der Waals surface area contributed by atoms with Crippen molar-refractivity contribution in [3.8, 4) is 0 Å². The van der Waals surface area contributed by atoms with Crippen molar-refractivity contribution < 1.29 is 14.2 Å². The summed E-state index contributed by atoms with van der Waals surface area (Å²) in [6, 6.07) is 0. The maximum Gasteiger partial charge on any atom is 0.230 e. The van der Waals surface area contributed by atoms with Gasteiger partial charge in [-0.3, -0.25) is 4.57 Å². The van der Waals surface area contributed by atoms with Crippen molar-refractivity contribution in [2.45, 2.75) is 39.1 Å². The summed E-state index contributed by atoms with van der Waals surface area (Å²) in [5, 5.41) is 8.17. The Kier molecular flexibility index (Phi) is 3.30. The van der Waals surface area contributed by atoms with Crippen molar-refractivity contribution >= 4 is 7.37 Å². The first-order valence-corrected chi connectivity index (χ1v) is 5.72. The molecule has 1 atom stereocenters. The molecule has 1 unspecified atom stereocenters. The third kappa shape index (κ3) is 3.37.